The third kappa shape index (κ3) is 7.32. The van der Waals surface area contributed by atoms with Crippen molar-refractivity contribution >= 4 is 58.5 Å². The minimum absolute atomic E-state index is 0.00758. The number of rotatable bonds is 8. The summed E-state index contributed by atoms with van der Waals surface area (Å²) in [5.74, 6) is -3.23. The first-order chi connectivity index (χ1) is 13.7. The fraction of sp³-hybridized carbons (Fsp3) is 0.0526. The summed E-state index contributed by atoms with van der Waals surface area (Å²) >= 11 is 7.20. The molecule has 2 amide bonds. The Morgan fingerprint density at radius 3 is 2.28 bits per heavy atom. The normalized spacial score (nSPS) is 10.5. The summed E-state index contributed by atoms with van der Waals surface area (Å²) in [5.41, 5.74) is 0.689. The van der Waals surface area contributed by atoms with Crippen LogP contribution in [0, 0.1) is 0 Å². The van der Waals surface area contributed by atoms with Gasteiger partial charge in [-0.2, -0.15) is 0 Å². The monoisotopic (exact) mass is 434 g/mol. The summed E-state index contributed by atoms with van der Waals surface area (Å²) in [6.45, 7) is 0. The number of amides is 2. The highest BCUT2D eigenvalue weighted by Gasteiger charge is 2.11. The van der Waals surface area contributed by atoms with E-state index in [-0.39, 0.29) is 27.9 Å². The standard InChI is InChI=1S/C19H15ClN2O6S/c20-14-6-1-11(19(27)28)9-15(14)22-17(24)10-29-13-4-2-12(3-5-13)21-16(23)7-8-18(25)26/h1-9H,10H2,(H,21,23)(H,22,24)(H,25,26)(H,27,28)/b8-7+. The lowest BCUT2D eigenvalue weighted by Gasteiger charge is -2.08. The molecule has 0 saturated heterocycles. The molecule has 2 aromatic carbocycles. The van der Waals surface area contributed by atoms with Crippen molar-refractivity contribution < 1.29 is 29.4 Å². The summed E-state index contributed by atoms with van der Waals surface area (Å²) in [5, 5.41) is 22.8. The number of hydrogen-bond acceptors (Lipinski definition) is 5. The summed E-state index contributed by atoms with van der Waals surface area (Å²) in [4.78, 5) is 45.8. The molecule has 0 saturated carbocycles. The van der Waals surface area contributed by atoms with Crippen LogP contribution in [0.1, 0.15) is 10.4 Å². The SMILES string of the molecule is O=C(O)/C=C/C(=O)Nc1ccc(SCC(=O)Nc2cc(C(=O)O)ccc2Cl)cc1. The van der Waals surface area contributed by atoms with Crippen molar-refractivity contribution in [3.63, 3.8) is 0 Å². The molecule has 0 aliphatic rings. The zero-order valence-corrected chi connectivity index (χ0v) is 16.3. The average molecular weight is 435 g/mol. The zero-order valence-electron chi connectivity index (χ0n) is 14.7. The van der Waals surface area contributed by atoms with Gasteiger partial charge in [-0.15, -0.1) is 11.8 Å². The quantitative estimate of drug-likeness (QED) is 0.370. The number of benzene rings is 2. The molecule has 150 valence electrons. The van der Waals surface area contributed by atoms with Crippen LogP contribution in [-0.2, 0) is 14.4 Å². The fourth-order valence-electron chi connectivity index (χ4n) is 2.05. The highest BCUT2D eigenvalue weighted by Crippen LogP contribution is 2.25. The van der Waals surface area contributed by atoms with Gasteiger partial charge in [0.1, 0.15) is 0 Å². The summed E-state index contributed by atoms with van der Waals surface area (Å²) in [6, 6.07) is 10.6. The van der Waals surface area contributed by atoms with Gasteiger partial charge in [-0.05, 0) is 42.5 Å². The number of nitrogens with one attached hydrogen (secondary N) is 2. The Balaban J connectivity index is 1.89. The maximum atomic E-state index is 12.1. The number of carbonyl (C=O) groups is 4. The number of thioether (sulfide) groups is 1. The number of hydrogen-bond donors (Lipinski definition) is 4. The fourth-order valence-corrected chi connectivity index (χ4v) is 2.92. The second-order valence-electron chi connectivity index (χ2n) is 5.52. The van der Waals surface area contributed by atoms with Gasteiger partial charge in [-0.25, -0.2) is 9.59 Å². The minimum Gasteiger partial charge on any atom is -0.478 e. The van der Waals surface area contributed by atoms with E-state index in [1.54, 1.807) is 24.3 Å². The minimum atomic E-state index is -1.22. The number of carboxylic acids is 2. The van der Waals surface area contributed by atoms with E-state index in [0.29, 0.717) is 5.69 Å². The lowest BCUT2D eigenvalue weighted by atomic mass is 10.2. The Hall–Kier alpha value is -3.30. The Labute approximate surface area is 174 Å². The highest BCUT2D eigenvalue weighted by molar-refractivity contribution is 8.00. The first-order valence-corrected chi connectivity index (χ1v) is 9.38. The maximum Gasteiger partial charge on any atom is 0.335 e. The lowest BCUT2D eigenvalue weighted by molar-refractivity contribution is -0.131. The van der Waals surface area contributed by atoms with Gasteiger partial charge in [0.05, 0.1) is 22.0 Å². The number of halogens is 1. The molecule has 0 aliphatic carbocycles. The summed E-state index contributed by atoms with van der Waals surface area (Å²) < 4.78 is 0. The molecule has 10 heteroatoms. The van der Waals surface area contributed by atoms with E-state index >= 15 is 0 Å². The Morgan fingerprint density at radius 1 is 0.966 bits per heavy atom. The molecular formula is C19H15ClN2O6S. The van der Waals surface area contributed by atoms with E-state index in [0.717, 1.165) is 17.0 Å². The topological polar surface area (TPSA) is 133 Å². The molecular weight excluding hydrogens is 420 g/mol. The molecule has 0 fully saturated rings. The van der Waals surface area contributed by atoms with Crippen LogP contribution >= 0.6 is 23.4 Å². The smallest absolute Gasteiger partial charge is 0.335 e. The van der Waals surface area contributed by atoms with Gasteiger partial charge < -0.3 is 20.8 Å². The Bertz CT molecular complexity index is 975. The lowest BCUT2D eigenvalue weighted by Crippen LogP contribution is -2.15. The van der Waals surface area contributed by atoms with Crippen LogP contribution < -0.4 is 10.6 Å². The van der Waals surface area contributed by atoms with E-state index in [2.05, 4.69) is 10.6 Å². The van der Waals surface area contributed by atoms with E-state index in [1.165, 1.54) is 30.0 Å². The average Bonchev–Trinajstić information content (AvgIpc) is 2.67. The molecule has 0 heterocycles. The van der Waals surface area contributed by atoms with Crippen LogP contribution in [0.15, 0.2) is 59.5 Å². The van der Waals surface area contributed by atoms with Crippen LogP contribution in [0.5, 0.6) is 0 Å². The van der Waals surface area contributed by atoms with Crippen molar-refractivity contribution in [3.8, 4) is 0 Å². The number of aromatic carboxylic acids is 1. The predicted octanol–water partition coefficient (Wildman–Crippen LogP) is 3.35. The van der Waals surface area contributed by atoms with E-state index in [4.69, 9.17) is 21.8 Å². The van der Waals surface area contributed by atoms with Crippen LogP contribution in [-0.4, -0.2) is 39.7 Å². The van der Waals surface area contributed by atoms with E-state index in [9.17, 15) is 19.2 Å². The van der Waals surface area contributed by atoms with E-state index < -0.39 is 17.8 Å². The molecule has 8 nitrogen and oxygen atoms in total. The third-order valence-electron chi connectivity index (χ3n) is 3.36. The van der Waals surface area contributed by atoms with Crippen molar-refractivity contribution in [2.75, 3.05) is 16.4 Å². The number of carbonyl (C=O) groups excluding carboxylic acids is 2. The van der Waals surface area contributed by atoms with Crippen molar-refractivity contribution in [1.82, 2.24) is 0 Å². The molecule has 29 heavy (non-hydrogen) atoms. The molecule has 0 aliphatic heterocycles. The molecule has 0 unspecified atom stereocenters. The number of carboxylic acid groups (broad SMARTS) is 2. The summed E-state index contributed by atoms with van der Waals surface area (Å²) in [7, 11) is 0. The second kappa shape index (κ2) is 10.3. The first kappa shape index (κ1) is 22.0. The molecule has 2 rings (SSSR count). The Morgan fingerprint density at radius 2 is 1.66 bits per heavy atom. The Kier molecular flexibility index (Phi) is 7.81. The van der Waals surface area contributed by atoms with Crippen LogP contribution in [0.2, 0.25) is 5.02 Å². The third-order valence-corrected chi connectivity index (χ3v) is 4.70. The largest absolute Gasteiger partial charge is 0.478 e. The molecule has 0 radical (unpaired) electrons. The molecule has 0 spiro atoms. The van der Waals surface area contributed by atoms with Gasteiger partial charge in [0, 0.05) is 22.7 Å². The second-order valence-corrected chi connectivity index (χ2v) is 6.98. The van der Waals surface area contributed by atoms with Gasteiger partial charge in [0.2, 0.25) is 11.8 Å². The molecule has 0 atom stereocenters. The van der Waals surface area contributed by atoms with Crippen molar-refractivity contribution in [3.05, 3.63) is 65.2 Å². The van der Waals surface area contributed by atoms with Crippen molar-refractivity contribution in [2.24, 2.45) is 0 Å². The van der Waals surface area contributed by atoms with Gasteiger partial charge in [0.15, 0.2) is 0 Å². The van der Waals surface area contributed by atoms with Crippen molar-refractivity contribution in [1.29, 1.82) is 0 Å². The van der Waals surface area contributed by atoms with Gasteiger partial charge in [0.25, 0.3) is 0 Å². The predicted molar refractivity (Wildman–Crippen MR) is 110 cm³/mol. The van der Waals surface area contributed by atoms with Crippen LogP contribution in [0.25, 0.3) is 0 Å². The van der Waals surface area contributed by atoms with Gasteiger partial charge in [-0.1, -0.05) is 11.6 Å². The molecule has 0 bridgehead atoms. The zero-order chi connectivity index (χ0) is 21.4. The van der Waals surface area contributed by atoms with E-state index in [1.807, 2.05) is 0 Å². The van der Waals surface area contributed by atoms with Gasteiger partial charge >= 0.3 is 11.9 Å². The maximum absolute atomic E-state index is 12.1. The van der Waals surface area contributed by atoms with Crippen LogP contribution in [0.3, 0.4) is 0 Å². The molecule has 0 aromatic heterocycles. The number of aliphatic carboxylic acids is 1. The van der Waals surface area contributed by atoms with Gasteiger partial charge in [-0.3, -0.25) is 9.59 Å². The van der Waals surface area contributed by atoms with Crippen LogP contribution in [0.4, 0.5) is 11.4 Å². The first-order valence-electron chi connectivity index (χ1n) is 8.02. The highest BCUT2D eigenvalue weighted by atomic mass is 35.5. The molecule has 4 N–H and O–H groups in total. The summed E-state index contributed by atoms with van der Waals surface area (Å²) in [6.07, 6.45) is 1.64. The molecule has 2 aromatic rings. The number of anilines is 2. The van der Waals surface area contributed by atoms with Crippen molar-refractivity contribution in [2.45, 2.75) is 4.90 Å².